The smallest absolute Gasteiger partial charge is 0.309 e. The van der Waals surface area contributed by atoms with Gasteiger partial charge in [-0.05, 0) is 42.4 Å². The number of rotatable bonds is 4. The van der Waals surface area contributed by atoms with E-state index in [1.54, 1.807) is 12.3 Å². The molecule has 1 heterocycles. The molecule has 5 nitrogen and oxygen atoms in total. The van der Waals surface area contributed by atoms with Crippen LogP contribution in [0.4, 0.5) is 0 Å². The molecule has 0 N–H and O–H groups in total. The van der Waals surface area contributed by atoms with E-state index in [2.05, 4.69) is 10.2 Å². The lowest BCUT2D eigenvalue weighted by atomic mass is 9.73. The highest BCUT2D eigenvalue weighted by Gasteiger charge is 2.36. The molecule has 0 saturated heterocycles. The maximum atomic E-state index is 12.1. The fraction of sp³-hybridized carbons (Fsp3) is 0.714. The van der Waals surface area contributed by atoms with Crippen LogP contribution in [0.25, 0.3) is 0 Å². The topological polar surface area (TPSA) is 68.1 Å². The molecule has 1 fully saturated rings. The van der Waals surface area contributed by atoms with Crippen LogP contribution in [0.1, 0.15) is 38.5 Å². The van der Waals surface area contributed by atoms with Gasteiger partial charge in [0.2, 0.25) is 0 Å². The number of nitrogens with zero attached hydrogens (tertiary/aromatic N) is 2. The molecule has 2 atom stereocenters. The molecule has 104 valence electrons. The van der Waals surface area contributed by atoms with Gasteiger partial charge in [-0.3, -0.25) is 4.79 Å². The number of ether oxygens (including phenoxy) is 1. The number of nitroso groups, excluding NO2 is 1. The number of carbonyl (C=O) groups is 1. The molecule has 1 aliphatic heterocycles. The van der Waals surface area contributed by atoms with Crippen LogP contribution in [-0.4, -0.2) is 19.3 Å². The predicted octanol–water partition coefficient (Wildman–Crippen LogP) is 3.05. The Balaban J connectivity index is 2.17. The molecular formula is C14H20N2O3. The summed E-state index contributed by atoms with van der Waals surface area (Å²) >= 11 is 0. The Morgan fingerprint density at radius 1 is 1.42 bits per heavy atom. The summed E-state index contributed by atoms with van der Waals surface area (Å²) < 4.78 is 4.97. The quantitative estimate of drug-likeness (QED) is 0.579. The number of allylic oxidation sites excluding steroid dienone is 1. The van der Waals surface area contributed by atoms with Crippen molar-refractivity contribution in [2.24, 2.45) is 27.9 Å². The Morgan fingerprint density at radius 2 is 2.16 bits per heavy atom. The van der Waals surface area contributed by atoms with Gasteiger partial charge in [0, 0.05) is 6.21 Å². The molecule has 19 heavy (non-hydrogen) atoms. The normalized spacial score (nSPS) is 25.5. The summed E-state index contributed by atoms with van der Waals surface area (Å²) in [6, 6.07) is 0. The zero-order chi connectivity index (χ0) is 13.7. The first kappa shape index (κ1) is 13.9. The van der Waals surface area contributed by atoms with Crippen LogP contribution in [-0.2, 0) is 9.53 Å². The van der Waals surface area contributed by atoms with Gasteiger partial charge in [0.25, 0.3) is 0 Å². The van der Waals surface area contributed by atoms with E-state index in [4.69, 9.17) is 4.74 Å². The number of aliphatic imine (C=N–C) groups is 1. The monoisotopic (exact) mass is 264 g/mol. The van der Waals surface area contributed by atoms with E-state index in [1.807, 2.05) is 0 Å². The second-order valence-electron chi connectivity index (χ2n) is 5.27. The minimum Gasteiger partial charge on any atom is -0.469 e. The molecule has 5 heteroatoms. The van der Waals surface area contributed by atoms with Gasteiger partial charge in [0.1, 0.15) is 0 Å². The Labute approximate surface area is 113 Å². The average molecular weight is 264 g/mol. The Kier molecular flexibility index (Phi) is 4.82. The molecule has 2 unspecified atom stereocenters. The van der Waals surface area contributed by atoms with Crippen molar-refractivity contribution in [1.82, 2.24) is 0 Å². The number of hydrogen-bond acceptors (Lipinski definition) is 5. The number of methoxy groups -OCH3 is 1. The fourth-order valence-electron chi connectivity index (χ4n) is 3.22. The predicted molar refractivity (Wildman–Crippen MR) is 72.6 cm³/mol. The zero-order valence-electron chi connectivity index (χ0n) is 11.2. The van der Waals surface area contributed by atoms with Crippen LogP contribution in [0.5, 0.6) is 0 Å². The molecule has 0 bridgehead atoms. The lowest BCUT2D eigenvalue weighted by Gasteiger charge is -2.32. The van der Waals surface area contributed by atoms with E-state index in [0.717, 1.165) is 12.8 Å². The molecule has 1 aliphatic carbocycles. The summed E-state index contributed by atoms with van der Waals surface area (Å²) in [4.78, 5) is 26.6. The summed E-state index contributed by atoms with van der Waals surface area (Å²) in [6.07, 6.45) is 9.78. The SMILES string of the molecule is COC(=O)C(C1C=C(N=O)N=CC1)C1CCCCC1. The van der Waals surface area contributed by atoms with E-state index in [0.29, 0.717) is 12.3 Å². The first-order valence-corrected chi connectivity index (χ1v) is 6.91. The first-order chi connectivity index (χ1) is 9.26. The molecule has 2 rings (SSSR count). The summed E-state index contributed by atoms with van der Waals surface area (Å²) in [5, 5.41) is 2.87. The standard InChI is InChI=1S/C14H20N2O3/c1-19-14(17)13(10-5-3-2-4-6-10)11-7-8-15-12(9-11)16-18/h8-11,13H,2-7H2,1H3. The molecular weight excluding hydrogens is 244 g/mol. The third-order valence-electron chi connectivity index (χ3n) is 4.15. The molecule has 0 radical (unpaired) electrons. The van der Waals surface area contributed by atoms with Crippen molar-refractivity contribution in [3.63, 3.8) is 0 Å². The van der Waals surface area contributed by atoms with Crippen LogP contribution in [0.15, 0.2) is 22.1 Å². The van der Waals surface area contributed by atoms with Gasteiger partial charge in [-0.2, -0.15) is 0 Å². The first-order valence-electron chi connectivity index (χ1n) is 6.91. The van der Waals surface area contributed by atoms with Crippen molar-refractivity contribution in [2.45, 2.75) is 38.5 Å². The summed E-state index contributed by atoms with van der Waals surface area (Å²) in [6.45, 7) is 0. The Hall–Kier alpha value is -1.52. The van der Waals surface area contributed by atoms with E-state index >= 15 is 0 Å². The lowest BCUT2D eigenvalue weighted by molar-refractivity contribution is -0.149. The fourth-order valence-corrected chi connectivity index (χ4v) is 3.22. The van der Waals surface area contributed by atoms with Gasteiger partial charge < -0.3 is 4.74 Å². The molecule has 0 aromatic heterocycles. The molecule has 0 aromatic rings. The van der Waals surface area contributed by atoms with E-state index in [1.165, 1.54) is 26.4 Å². The number of carbonyl (C=O) groups excluding carboxylic acids is 1. The van der Waals surface area contributed by atoms with E-state index in [9.17, 15) is 9.70 Å². The van der Waals surface area contributed by atoms with Crippen LogP contribution in [0.2, 0.25) is 0 Å². The summed E-state index contributed by atoms with van der Waals surface area (Å²) in [5.41, 5.74) is 0. The van der Waals surface area contributed by atoms with Gasteiger partial charge in [-0.15, -0.1) is 4.91 Å². The summed E-state index contributed by atoms with van der Waals surface area (Å²) in [7, 11) is 1.43. The van der Waals surface area contributed by atoms with Crippen LogP contribution in [0.3, 0.4) is 0 Å². The average Bonchev–Trinajstić information content (AvgIpc) is 2.48. The molecule has 0 aromatic carbocycles. The highest BCUT2D eigenvalue weighted by Crippen LogP contribution is 2.37. The highest BCUT2D eigenvalue weighted by molar-refractivity contribution is 5.75. The van der Waals surface area contributed by atoms with Crippen LogP contribution >= 0.6 is 0 Å². The minimum atomic E-state index is -0.173. The number of esters is 1. The minimum absolute atomic E-state index is 0.0132. The molecule has 0 spiro atoms. The van der Waals surface area contributed by atoms with Crippen molar-refractivity contribution in [1.29, 1.82) is 0 Å². The van der Waals surface area contributed by atoms with Crippen LogP contribution in [0, 0.1) is 22.7 Å². The third kappa shape index (κ3) is 3.28. The van der Waals surface area contributed by atoms with Gasteiger partial charge >= 0.3 is 5.97 Å². The Bertz CT molecular complexity index is 397. The van der Waals surface area contributed by atoms with E-state index in [-0.39, 0.29) is 23.6 Å². The van der Waals surface area contributed by atoms with E-state index < -0.39 is 0 Å². The zero-order valence-corrected chi connectivity index (χ0v) is 11.2. The maximum absolute atomic E-state index is 12.1. The third-order valence-corrected chi connectivity index (χ3v) is 4.15. The van der Waals surface area contributed by atoms with Gasteiger partial charge in [0.05, 0.1) is 13.0 Å². The Morgan fingerprint density at radius 3 is 2.79 bits per heavy atom. The van der Waals surface area contributed by atoms with Crippen molar-refractivity contribution in [2.75, 3.05) is 7.11 Å². The van der Waals surface area contributed by atoms with Crippen molar-refractivity contribution in [3.05, 3.63) is 16.8 Å². The molecule has 1 saturated carbocycles. The largest absolute Gasteiger partial charge is 0.469 e. The number of hydrogen-bond donors (Lipinski definition) is 0. The van der Waals surface area contributed by atoms with Crippen molar-refractivity contribution < 1.29 is 9.53 Å². The van der Waals surface area contributed by atoms with Crippen molar-refractivity contribution in [3.8, 4) is 0 Å². The molecule has 0 amide bonds. The van der Waals surface area contributed by atoms with Gasteiger partial charge in [-0.1, -0.05) is 19.3 Å². The second-order valence-corrected chi connectivity index (χ2v) is 5.27. The highest BCUT2D eigenvalue weighted by atomic mass is 16.5. The van der Waals surface area contributed by atoms with Crippen LogP contribution < -0.4 is 0 Å². The molecule has 2 aliphatic rings. The lowest BCUT2D eigenvalue weighted by Crippen LogP contribution is -2.33. The van der Waals surface area contributed by atoms with Gasteiger partial charge in [0.15, 0.2) is 5.82 Å². The maximum Gasteiger partial charge on any atom is 0.309 e. The second kappa shape index (κ2) is 6.59. The van der Waals surface area contributed by atoms with Crippen molar-refractivity contribution >= 4 is 12.2 Å². The van der Waals surface area contributed by atoms with Gasteiger partial charge in [-0.25, -0.2) is 4.99 Å². The summed E-state index contributed by atoms with van der Waals surface area (Å²) in [5.74, 6) is 0.172.